The second-order valence-electron chi connectivity index (χ2n) is 8.20. The minimum Gasteiger partial charge on any atom is -0.461 e. The van der Waals surface area contributed by atoms with Gasteiger partial charge in [-0.15, -0.1) is 23.1 Å². The molecule has 0 unspecified atom stereocenters. The lowest BCUT2D eigenvalue weighted by atomic mass is 10.0. The number of thiophene rings is 1. The molecule has 10 nitrogen and oxygen atoms in total. The molecular formula is C21H25N3O7S2. The van der Waals surface area contributed by atoms with E-state index in [1.54, 1.807) is 38.3 Å². The summed E-state index contributed by atoms with van der Waals surface area (Å²) in [6, 6.07) is 2.63. The third-order valence-corrected chi connectivity index (χ3v) is 6.74. The molecular weight excluding hydrogens is 470 g/mol. The number of oxime groups is 1. The van der Waals surface area contributed by atoms with Crippen molar-refractivity contribution in [1.29, 1.82) is 0 Å². The number of ether oxygens (including phenoxy) is 2. The van der Waals surface area contributed by atoms with Gasteiger partial charge in [-0.2, -0.15) is 0 Å². The molecule has 1 saturated heterocycles. The summed E-state index contributed by atoms with van der Waals surface area (Å²) >= 11 is 2.66. The Hall–Kier alpha value is -2.86. The van der Waals surface area contributed by atoms with Crippen molar-refractivity contribution in [2.75, 3.05) is 19.5 Å². The van der Waals surface area contributed by atoms with Crippen LogP contribution in [0.2, 0.25) is 0 Å². The van der Waals surface area contributed by atoms with E-state index < -0.39 is 40.8 Å². The number of hydrogen-bond donors (Lipinski definition) is 1. The van der Waals surface area contributed by atoms with E-state index in [2.05, 4.69) is 10.5 Å². The van der Waals surface area contributed by atoms with Gasteiger partial charge in [-0.1, -0.05) is 11.2 Å². The predicted octanol–water partition coefficient (Wildman–Crippen LogP) is 1.66. The van der Waals surface area contributed by atoms with E-state index in [9.17, 15) is 19.2 Å². The molecule has 0 bridgehead atoms. The first-order chi connectivity index (χ1) is 15.5. The number of thioether (sulfide) groups is 1. The van der Waals surface area contributed by atoms with E-state index in [0.717, 1.165) is 0 Å². The maximum Gasteiger partial charge on any atom is 0.355 e. The molecule has 0 aliphatic carbocycles. The van der Waals surface area contributed by atoms with Gasteiger partial charge in [-0.05, 0) is 32.2 Å². The van der Waals surface area contributed by atoms with E-state index in [1.807, 2.05) is 0 Å². The molecule has 3 rings (SSSR count). The van der Waals surface area contributed by atoms with Crippen molar-refractivity contribution in [2.45, 2.75) is 44.7 Å². The van der Waals surface area contributed by atoms with Crippen LogP contribution in [-0.4, -0.2) is 70.9 Å². The number of carbonyl (C=O) groups is 4. The zero-order chi connectivity index (χ0) is 24.3. The predicted molar refractivity (Wildman–Crippen MR) is 122 cm³/mol. The number of hydrogen-bond acceptors (Lipinski definition) is 10. The quantitative estimate of drug-likeness (QED) is 0.262. The average Bonchev–Trinajstić information content (AvgIpc) is 3.26. The smallest absolute Gasteiger partial charge is 0.355 e. The maximum atomic E-state index is 13.0. The largest absolute Gasteiger partial charge is 0.461 e. The van der Waals surface area contributed by atoms with Crippen LogP contribution in [0.5, 0.6) is 0 Å². The number of rotatable bonds is 7. The summed E-state index contributed by atoms with van der Waals surface area (Å²) < 4.78 is 10.6. The Kier molecular flexibility index (Phi) is 7.48. The maximum absolute atomic E-state index is 13.0. The summed E-state index contributed by atoms with van der Waals surface area (Å²) in [4.78, 5) is 56.8. The number of nitrogens with zero attached hydrogens (tertiary/aromatic N) is 2. The lowest BCUT2D eigenvalue weighted by Gasteiger charge is -2.49. The van der Waals surface area contributed by atoms with Crippen LogP contribution in [0.1, 0.15) is 32.6 Å². The fourth-order valence-corrected chi connectivity index (χ4v) is 5.24. The zero-order valence-corrected chi connectivity index (χ0v) is 20.5. The monoisotopic (exact) mass is 495 g/mol. The van der Waals surface area contributed by atoms with Crippen LogP contribution in [0, 0.1) is 0 Å². The number of esters is 2. The molecule has 1 fully saturated rings. The van der Waals surface area contributed by atoms with Crippen molar-refractivity contribution >= 4 is 52.6 Å². The van der Waals surface area contributed by atoms with E-state index in [0.29, 0.717) is 16.2 Å². The third kappa shape index (κ3) is 5.56. The number of nitrogens with one attached hydrogen (secondary N) is 1. The molecule has 1 aromatic heterocycles. The van der Waals surface area contributed by atoms with Crippen LogP contribution in [0.4, 0.5) is 0 Å². The highest BCUT2D eigenvalue weighted by Crippen LogP contribution is 2.41. The molecule has 0 saturated carbocycles. The molecule has 0 spiro atoms. The second-order valence-corrected chi connectivity index (χ2v) is 10.2. The third-order valence-electron chi connectivity index (χ3n) is 4.53. The molecule has 2 amide bonds. The first-order valence-corrected chi connectivity index (χ1v) is 12.0. The molecule has 33 heavy (non-hydrogen) atoms. The van der Waals surface area contributed by atoms with Crippen LogP contribution in [0.3, 0.4) is 0 Å². The molecule has 1 N–H and O–H groups in total. The van der Waals surface area contributed by atoms with Gasteiger partial charge in [0.05, 0.1) is 4.88 Å². The minimum absolute atomic E-state index is 0.0504. The first kappa shape index (κ1) is 24.8. The Labute approximate surface area is 199 Å². The molecule has 178 valence electrons. The lowest BCUT2D eigenvalue weighted by molar-refractivity contribution is -0.159. The molecule has 2 aliphatic rings. The Morgan fingerprint density at radius 1 is 1.30 bits per heavy atom. The first-order valence-electron chi connectivity index (χ1n) is 10.0. The molecule has 0 aromatic carbocycles. The van der Waals surface area contributed by atoms with Crippen LogP contribution in [-0.2, 0) is 33.5 Å². The summed E-state index contributed by atoms with van der Waals surface area (Å²) in [7, 11) is 1.33. The Morgan fingerprint density at radius 2 is 2.03 bits per heavy atom. The lowest BCUT2D eigenvalue weighted by Crippen LogP contribution is -2.71. The van der Waals surface area contributed by atoms with E-state index in [4.69, 9.17) is 14.3 Å². The summed E-state index contributed by atoms with van der Waals surface area (Å²) in [6.45, 7) is 6.28. The van der Waals surface area contributed by atoms with Gasteiger partial charge in [-0.25, -0.2) is 4.79 Å². The van der Waals surface area contributed by atoms with Crippen LogP contribution < -0.4 is 5.32 Å². The highest BCUT2D eigenvalue weighted by atomic mass is 32.2. The van der Waals surface area contributed by atoms with Gasteiger partial charge in [0.1, 0.15) is 36.4 Å². The fourth-order valence-electron chi connectivity index (χ4n) is 3.21. The molecule has 12 heteroatoms. The van der Waals surface area contributed by atoms with Crippen LogP contribution in [0.15, 0.2) is 33.9 Å². The summed E-state index contributed by atoms with van der Waals surface area (Å²) in [6.07, 6.45) is 0. The fraction of sp³-hybridized carbons (Fsp3) is 0.476. The van der Waals surface area contributed by atoms with Crippen LogP contribution in [0.25, 0.3) is 0 Å². The van der Waals surface area contributed by atoms with Gasteiger partial charge in [0.2, 0.25) is 0 Å². The van der Waals surface area contributed by atoms with Crippen molar-refractivity contribution in [1.82, 2.24) is 10.2 Å². The van der Waals surface area contributed by atoms with Gasteiger partial charge in [-0.3, -0.25) is 19.3 Å². The number of β-lactam (4-membered cyclic amide) rings is 1. The molecule has 0 radical (unpaired) electrons. The normalized spacial score (nSPS) is 20.6. The standard InChI is InChI=1S/C21H25N3O7S2/c1-11(25)30-9-12-10-33-19-15(18(27)24(19)16(12)20(28)31-21(2,3)4)22-17(26)14(23-29-5)13-7-6-8-32-13/h6-8,15,19H,9-10H2,1-5H3,(H,22,26)/t15-,19-/m1/s1. The van der Waals surface area contributed by atoms with Gasteiger partial charge in [0.25, 0.3) is 11.8 Å². The van der Waals surface area contributed by atoms with Crippen molar-refractivity contribution in [2.24, 2.45) is 5.16 Å². The van der Waals surface area contributed by atoms with Gasteiger partial charge in [0.15, 0.2) is 5.71 Å². The molecule has 2 aliphatic heterocycles. The minimum atomic E-state index is -0.864. The molecule has 1 aromatic rings. The second kappa shape index (κ2) is 9.96. The van der Waals surface area contributed by atoms with E-state index in [-0.39, 0.29) is 18.0 Å². The summed E-state index contributed by atoms with van der Waals surface area (Å²) in [5.41, 5.74) is -0.212. The Morgan fingerprint density at radius 3 is 2.61 bits per heavy atom. The van der Waals surface area contributed by atoms with Gasteiger partial charge < -0.3 is 19.6 Å². The summed E-state index contributed by atoms with van der Waals surface area (Å²) in [5, 5.41) is 7.77. The van der Waals surface area contributed by atoms with E-state index in [1.165, 1.54) is 42.0 Å². The average molecular weight is 496 g/mol. The number of fused-ring (bicyclic) bond motifs is 1. The van der Waals surface area contributed by atoms with E-state index >= 15 is 0 Å². The van der Waals surface area contributed by atoms with Gasteiger partial charge in [0, 0.05) is 18.2 Å². The zero-order valence-electron chi connectivity index (χ0n) is 18.9. The topological polar surface area (TPSA) is 124 Å². The molecule has 3 heterocycles. The van der Waals surface area contributed by atoms with Crippen molar-refractivity contribution < 1.29 is 33.5 Å². The SMILES string of the molecule is CON=C(C(=O)N[C@@H]1C(=O)N2C(C(=O)OC(C)(C)C)=C(COC(C)=O)CS[C@H]12)c1cccs1. The Bertz CT molecular complexity index is 1010. The van der Waals surface area contributed by atoms with Gasteiger partial charge >= 0.3 is 11.9 Å². The molecule has 2 atom stereocenters. The summed E-state index contributed by atoms with van der Waals surface area (Å²) in [5.74, 6) is -1.90. The van der Waals surface area contributed by atoms with Crippen molar-refractivity contribution in [3.63, 3.8) is 0 Å². The highest BCUT2D eigenvalue weighted by Gasteiger charge is 2.55. The Balaban J connectivity index is 1.82. The highest BCUT2D eigenvalue weighted by molar-refractivity contribution is 8.00. The van der Waals surface area contributed by atoms with Crippen molar-refractivity contribution in [3.05, 3.63) is 33.7 Å². The van der Waals surface area contributed by atoms with Crippen molar-refractivity contribution in [3.8, 4) is 0 Å². The number of amides is 2. The van der Waals surface area contributed by atoms with Crippen LogP contribution >= 0.6 is 23.1 Å². The number of carbonyl (C=O) groups excluding carboxylic acids is 4.